The van der Waals surface area contributed by atoms with Gasteiger partial charge in [0, 0.05) is 0 Å². The highest BCUT2D eigenvalue weighted by atomic mass is 15.3. The molecular weight excluding hydrogens is 254 g/mol. The van der Waals surface area contributed by atoms with Crippen molar-refractivity contribution in [3.05, 3.63) is 12.7 Å². The van der Waals surface area contributed by atoms with E-state index < -0.39 is 0 Å². The molecule has 1 heteroatoms. The first kappa shape index (κ1) is 23.0. The summed E-state index contributed by atoms with van der Waals surface area (Å²) < 4.78 is 1.12. The van der Waals surface area contributed by atoms with Crippen LogP contribution < -0.4 is 0 Å². The van der Waals surface area contributed by atoms with Crippen molar-refractivity contribution >= 4 is 0 Å². The number of allylic oxidation sites excluding steroid dienone is 1. The number of quaternary nitrogens is 1. The van der Waals surface area contributed by atoms with Gasteiger partial charge in [-0.1, -0.05) is 77.7 Å². The van der Waals surface area contributed by atoms with Crippen LogP contribution in [0.1, 0.15) is 90.9 Å². The Kier molecular flexibility index (Phi) is 19.4. The van der Waals surface area contributed by atoms with Gasteiger partial charge >= 0.3 is 0 Å². The molecule has 0 fully saturated rings. The van der Waals surface area contributed by atoms with Crippen LogP contribution in [0.3, 0.4) is 0 Å². The van der Waals surface area contributed by atoms with E-state index in [-0.39, 0.29) is 0 Å². The third kappa shape index (κ3) is 28.6. The topological polar surface area (TPSA) is 0 Å². The molecule has 0 aliphatic heterocycles. The molecule has 0 bridgehead atoms. The fourth-order valence-corrected chi connectivity index (χ4v) is 2.25. The van der Waals surface area contributed by atoms with Crippen molar-refractivity contribution in [3.63, 3.8) is 0 Å². The summed E-state index contributed by atoms with van der Waals surface area (Å²) in [7, 11) is 6.86. The van der Waals surface area contributed by atoms with Gasteiger partial charge in [0.2, 0.25) is 0 Å². The molecule has 0 amide bonds. The molecular formula is C20H44N+. The quantitative estimate of drug-likeness (QED) is 0.204. The number of rotatable bonds is 13. The number of nitrogens with zero attached hydrogens (tertiary/aromatic N) is 1. The summed E-state index contributed by atoms with van der Waals surface area (Å²) in [4.78, 5) is 0. The lowest BCUT2D eigenvalue weighted by molar-refractivity contribution is -0.870. The van der Waals surface area contributed by atoms with Crippen LogP contribution in [0.25, 0.3) is 0 Å². The molecule has 1 nitrogen and oxygen atoms in total. The van der Waals surface area contributed by atoms with Crippen LogP contribution >= 0.6 is 0 Å². The molecule has 0 aromatic heterocycles. The maximum Gasteiger partial charge on any atom is 0.0780 e. The fourth-order valence-electron chi connectivity index (χ4n) is 2.25. The molecule has 0 spiro atoms. The second kappa shape index (κ2) is 17.8. The molecule has 0 radical (unpaired) electrons. The van der Waals surface area contributed by atoms with E-state index in [4.69, 9.17) is 0 Å². The van der Waals surface area contributed by atoms with E-state index in [2.05, 4.69) is 41.6 Å². The minimum absolute atomic E-state index is 1.08. The standard InChI is InChI=1S/C16H36N.C4H8/c1-5-6-7-8-9-10-11-12-13-14-15-16-17(2,3)4;1-3-4-2/h5-16H2,1-4H3;3H,1,4H2,2H3/q+1;. The Labute approximate surface area is 136 Å². The van der Waals surface area contributed by atoms with Gasteiger partial charge < -0.3 is 4.48 Å². The predicted molar refractivity (Wildman–Crippen MR) is 99.8 cm³/mol. The Bertz CT molecular complexity index is 191. The highest BCUT2D eigenvalue weighted by Gasteiger charge is 2.04. The number of hydrogen-bond donors (Lipinski definition) is 0. The van der Waals surface area contributed by atoms with Gasteiger partial charge in [-0.3, -0.25) is 0 Å². The van der Waals surface area contributed by atoms with Crippen LogP contribution in [-0.4, -0.2) is 32.2 Å². The second-order valence-electron chi connectivity index (χ2n) is 7.25. The van der Waals surface area contributed by atoms with E-state index in [9.17, 15) is 0 Å². The monoisotopic (exact) mass is 298 g/mol. The van der Waals surface area contributed by atoms with Gasteiger partial charge in [-0.25, -0.2) is 0 Å². The molecule has 0 saturated heterocycles. The van der Waals surface area contributed by atoms with Gasteiger partial charge in [-0.2, -0.15) is 0 Å². The van der Waals surface area contributed by atoms with Gasteiger partial charge in [-0.15, -0.1) is 6.58 Å². The Morgan fingerprint density at radius 1 is 0.667 bits per heavy atom. The van der Waals surface area contributed by atoms with Crippen LogP contribution in [0.5, 0.6) is 0 Å². The molecule has 0 saturated carbocycles. The molecule has 0 aliphatic rings. The summed E-state index contributed by atoms with van der Waals surface area (Å²) in [5.41, 5.74) is 0. The first-order chi connectivity index (χ1) is 9.97. The minimum atomic E-state index is 1.08. The maximum absolute atomic E-state index is 3.48. The third-order valence-corrected chi connectivity index (χ3v) is 3.72. The van der Waals surface area contributed by atoms with Crippen molar-refractivity contribution in [1.82, 2.24) is 0 Å². The number of hydrogen-bond acceptors (Lipinski definition) is 0. The molecule has 0 aliphatic carbocycles. The Morgan fingerprint density at radius 3 is 1.29 bits per heavy atom. The van der Waals surface area contributed by atoms with E-state index in [1.54, 1.807) is 0 Å². The molecule has 21 heavy (non-hydrogen) atoms. The van der Waals surface area contributed by atoms with Gasteiger partial charge in [0.05, 0.1) is 27.7 Å². The van der Waals surface area contributed by atoms with Crippen LogP contribution in [-0.2, 0) is 0 Å². The minimum Gasteiger partial charge on any atom is -0.331 e. The highest BCUT2D eigenvalue weighted by Crippen LogP contribution is 2.11. The lowest BCUT2D eigenvalue weighted by Crippen LogP contribution is -2.35. The lowest BCUT2D eigenvalue weighted by atomic mass is 10.1. The molecule has 0 aromatic carbocycles. The van der Waals surface area contributed by atoms with Gasteiger partial charge in [0.25, 0.3) is 0 Å². The molecule has 128 valence electrons. The summed E-state index contributed by atoms with van der Waals surface area (Å²) in [6.07, 6.45) is 18.9. The number of unbranched alkanes of at least 4 members (excludes halogenated alkanes) is 10. The van der Waals surface area contributed by atoms with Crippen LogP contribution in [0.15, 0.2) is 12.7 Å². The van der Waals surface area contributed by atoms with Gasteiger partial charge in [-0.05, 0) is 19.3 Å². The van der Waals surface area contributed by atoms with Crippen LogP contribution in [0, 0.1) is 0 Å². The summed E-state index contributed by atoms with van der Waals surface area (Å²) in [5.74, 6) is 0. The maximum atomic E-state index is 3.48. The molecule has 0 unspecified atom stereocenters. The molecule has 0 aromatic rings. The predicted octanol–water partition coefficient (Wildman–Crippen LogP) is 6.59. The SMILES string of the molecule is C=CCC.CCCCCCCCCCCCC[N+](C)(C)C. The van der Waals surface area contributed by atoms with Crippen molar-refractivity contribution in [2.24, 2.45) is 0 Å². The zero-order chi connectivity index (χ0) is 16.4. The summed E-state index contributed by atoms with van der Waals surface area (Å²) >= 11 is 0. The van der Waals surface area contributed by atoms with Gasteiger partial charge in [0.15, 0.2) is 0 Å². The normalized spacial score (nSPS) is 10.9. The van der Waals surface area contributed by atoms with Crippen molar-refractivity contribution in [3.8, 4) is 0 Å². The zero-order valence-corrected chi connectivity index (χ0v) is 15.9. The van der Waals surface area contributed by atoms with E-state index >= 15 is 0 Å². The average molecular weight is 299 g/mol. The molecule has 0 rings (SSSR count). The van der Waals surface area contributed by atoms with E-state index in [1.165, 1.54) is 77.2 Å². The summed E-state index contributed by atoms with van der Waals surface area (Å²) in [6.45, 7) is 9.16. The van der Waals surface area contributed by atoms with Crippen molar-refractivity contribution in [2.45, 2.75) is 90.9 Å². The molecule has 0 atom stereocenters. The smallest absolute Gasteiger partial charge is 0.0780 e. The third-order valence-electron chi connectivity index (χ3n) is 3.72. The fraction of sp³-hybridized carbons (Fsp3) is 0.900. The largest absolute Gasteiger partial charge is 0.331 e. The summed E-state index contributed by atoms with van der Waals surface area (Å²) in [6, 6.07) is 0. The van der Waals surface area contributed by atoms with E-state index in [0.717, 1.165) is 10.9 Å². The first-order valence-corrected chi connectivity index (χ1v) is 9.39. The van der Waals surface area contributed by atoms with Gasteiger partial charge in [0.1, 0.15) is 0 Å². The van der Waals surface area contributed by atoms with E-state index in [1.807, 2.05) is 6.08 Å². The lowest BCUT2D eigenvalue weighted by Gasteiger charge is -2.23. The average Bonchev–Trinajstić information content (AvgIpc) is 2.44. The zero-order valence-electron chi connectivity index (χ0n) is 15.9. The summed E-state index contributed by atoms with van der Waals surface area (Å²) in [5, 5.41) is 0. The Balaban J connectivity index is 0. The molecule has 0 N–H and O–H groups in total. The molecule has 0 heterocycles. The van der Waals surface area contributed by atoms with Crippen LogP contribution in [0.4, 0.5) is 0 Å². The van der Waals surface area contributed by atoms with E-state index in [0.29, 0.717) is 0 Å². The van der Waals surface area contributed by atoms with Crippen molar-refractivity contribution in [1.29, 1.82) is 0 Å². The highest BCUT2D eigenvalue weighted by molar-refractivity contribution is 4.60. The van der Waals surface area contributed by atoms with Crippen molar-refractivity contribution in [2.75, 3.05) is 27.7 Å². The van der Waals surface area contributed by atoms with Crippen molar-refractivity contribution < 1.29 is 4.48 Å². The second-order valence-corrected chi connectivity index (χ2v) is 7.25. The van der Waals surface area contributed by atoms with Crippen LogP contribution in [0.2, 0.25) is 0 Å². The first-order valence-electron chi connectivity index (χ1n) is 9.39. The Morgan fingerprint density at radius 2 is 1.00 bits per heavy atom. The Hall–Kier alpha value is -0.300.